The van der Waals surface area contributed by atoms with Gasteiger partial charge in [0.05, 0.1) is 22.3 Å². The molecule has 4 aromatic rings. The quantitative estimate of drug-likeness (QED) is 0.446. The van der Waals surface area contributed by atoms with Crippen molar-refractivity contribution in [1.82, 2.24) is 24.1 Å². The summed E-state index contributed by atoms with van der Waals surface area (Å²) in [5.74, 6) is 1.55. The Morgan fingerprint density at radius 3 is 2.56 bits per heavy atom. The second-order valence-corrected chi connectivity index (χ2v) is 9.36. The number of hydrogen-bond acceptors (Lipinski definition) is 5. The molecule has 5 rings (SSSR count). The Morgan fingerprint density at radius 2 is 1.78 bits per heavy atom. The maximum absolute atomic E-state index is 13.4. The maximum atomic E-state index is 13.4. The molecule has 3 heterocycles. The van der Waals surface area contributed by atoms with Crippen LogP contribution in [0.15, 0.2) is 58.5 Å². The number of thioether (sulfide) groups is 1. The average molecular weight is 448 g/mol. The highest BCUT2D eigenvalue weighted by Gasteiger charge is 2.23. The topological polar surface area (TPSA) is 72.5 Å². The molecule has 0 atom stereocenters. The van der Waals surface area contributed by atoms with E-state index in [9.17, 15) is 9.59 Å². The van der Waals surface area contributed by atoms with Gasteiger partial charge < -0.3 is 4.90 Å². The van der Waals surface area contributed by atoms with E-state index in [1.165, 1.54) is 11.8 Å². The number of likely N-dealkylation sites (tertiary alicyclic amines) is 1. The number of rotatable bonds is 4. The molecule has 1 amide bonds. The van der Waals surface area contributed by atoms with E-state index in [1.54, 1.807) is 4.57 Å². The van der Waals surface area contributed by atoms with E-state index >= 15 is 0 Å². The zero-order valence-corrected chi connectivity index (χ0v) is 19.0. The molecular weight excluding hydrogens is 422 g/mol. The first-order valence-electron chi connectivity index (χ1n) is 10.9. The number of fused-ring (bicyclic) bond motifs is 3. The third-order valence-electron chi connectivity index (χ3n) is 6.21. The van der Waals surface area contributed by atoms with Crippen molar-refractivity contribution >= 4 is 34.3 Å². The molecule has 2 aromatic heterocycles. The zero-order valence-electron chi connectivity index (χ0n) is 18.2. The normalized spacial score (nSPS) is 15.0. The van der Waals surface area contributed by atoms with Crippen LogP contribution in [0.3, 0.4) is 0 Å². The molecule has 8 heteroatoms. The molecule has 32 heavy (non-hydrogen) atoms. The van der Waals surface area contributed by atoms with Crippen LogP contribution in [0.1, 0.15) is 25.3 Å². The van der Waals surface area contributed by atoms with Crippen molar-refractivity contribution in [1.29, 1.82) is 0 Å². The predicted molar refractivity (Wildman–Crippen MR) is 127 cm³/mol. The second kappa shape index (κ2) is 8.43. The van der Waals surface area contributed by atoms with Crippen molar-refractivity contribution in [3.8, 4) is 5.69 Å². The van der Waals surface area contributed by atoms with Gasteiger partial charge in [-0.25, -0.2) is 4.57 Å². The van der Waals surface area contributed by atoms with Crippen LogP contribution in [0.2, 0.25) is 0 Å². The standard InChI is InChI=1S/C24H25N5O2S/c1-16-11-13-27(14-12-16)21(30)15-32-24-26-25-23-28(19-9-5-3-7-17(19)2)22(31)18-8-4-6-10-20(18)29(23)24/h3-10,16H,11-15H2,1-2H3. The van der Waals surface area contributed by atoms with Crippen LogP contribution in [0, 0.1) is 12.8 Å². The fourth-order valence-electron chi connectivity index (χ4n) is 4.28. The Balaban J connectivity index is 1.58. The zero-order chi connectivity index (χ0) is 22.2. The third kappa shape index (κ3) is 3.58. The monoisotopic (exact) mass is 447 g/mol. The molecule has 0 N–H and O–H groups in total. The highest BCUT2D eigenvalue weighted by atomic mass is 32.2. The van der Waals surface area contributed by atoms with Crippen LogP contribution in [0.5, 0.6) is 0 Å². The van der Waals surface area contributed by atoms with Crippen LogP contribution in [0.25, 0.3) is 22.4 Å². The number of carbonyl (C=O) groups is 1. The lowest BCUT2D eigenvalue weighted by Crippen LogP contribution is -2.38. The smallest absolute Gasteiger partial charge is 0.267 e. The fraction of sp³-hybridized carbons (Fsp3) is 0.333. The third-order valence-corrected chi connectivity index (χ3v) is 7.13. The summed E-state index contributed by atoms with van der Waals surface area (Å²) in [4.78, 5) is 28.1. The summed E-state index contributed by atoms with van der Waals surface area (Å²) in [6.07, 6.45) is 2.11. The molecule has 0 radical (unpaired) electrons. The van der Waals surface area contributed by atoms with Gasteiger partial charge >= 0.3 is 0 Å². The predicted octanol–water partition coefficient (Wildman–Crippen LogP) is 3.69. The molecule has 0 unspecified atom stereocenters. The van der Waals surface area contributed by atoms with Crippen LogP contribution in [-0.4, -0.2) is 48.8 Å². The van der Waals surface area contributed by atoms with E-state index in [0.717, 1.165) is 42.7 Å². The molecule has 1 fully saturated rings. The van der Waals surface area contributed by atoms with Gasteiger partial charge in [0.2, 0.25) is 11.7 Å². The first-order valence-corrected chi connectivity index (χ1v) is 11.9. The summed E-state index contributed by atoms with van der Waals surface area (Å²) in [6.45, 7) is 5.84. The van der Waals surface area contributed by atoms with Crippen LogP contribution in [0.4, 0.5) is 0 Å². The number of nitrogens with zero attached hydrogens (tertiary/aromatic N) is 5. The van der Waals surface area contributed by atoms with Crippen molar-refractivity contribution in [2.45, 2.75) is 31.8 Å². The Hall–Kier alpha value is -3.13. The molecule has 0 aliphatic carbocycles. The number of para-hydroxylation sites is 2. The van der Waals surface area contributed by atoms with Gasteiger partial charge in [-0.3, -0.25) is 14.0 Å². The average Bonchev–Trinajstić information content (AvgIpc) is 3.23. The largest absolute Gasteiger partial charge is 0.342 e. The molecule has 164 valence electrons. The molecular formula is C24H25N5O2S. The minimum absolute atomic E-state index is 0.121. The molecule has 7 nitrogen and oxygen atoms in total. The first kappa shape index (κ1) is 20.8. The van der Waals surface area contributed by atoms with E-state index < -0.39 is 0 Å². The van der Waals surface area contributed by atoms with E-state index in [4.69, 9.17) is 0 Å². The first-order chi connectivity index (χ1) is 15.5. The highest BCUT2D eigenvalue weighted by Crippen LogP contribution is 2.25. The SMILES string of the molecule is Cc1ccccc1-n1c(=O)c2ccccc2n2c(SCC(=O)N3CCC(C)CC3)nnc12. The lowest BCUT2D eigenvalue weighted by molar-refractivity contribution is -0.129. The Labute approximate surface area is 190 Å². The maximum Gasteiger partial charge on any atom is 0.267 e. The number of amides is 1. The minimum atomic E-state index is -0.134. The molecule has 1 aliphatic heterocycles. The fourth-order valence-corrected chi connectivity index (χ4v) is 5.12. The number of aryl methyl sites for hydroxylation is 1. The molecule has 1 saturated heterocycles. The Bertz CT molecular complexity index is 1370. The van der Waals surface area contributed by atoms with Gasteiger partial charge in [0.1, 0.15) is 0 Å². The lowest BCUT2D eigenvalue weighted by atomic mass is 9.99. The summed E-state index contributed by atoms with van der Waals surface area (Å²) in [7, 11) is 0. The van der Waals surface area contributed by atoms with Crippen molar-refractivity contribution in [2.24, 2.45) is 5.92 Å². The summed E-state index contributed by atoms with van der Waals surface area (Å²) in [5.41, 5.74) is 2.35. The van der Waals surface area contributed by atoms with Gasteiger partial charge in [0.15, 0.2) is 5.16 Å². The van der Waals surface area contributed by atoms with Gasteiger partial charge in [0.25, 0.3) is 5.56 Å². The molecule has 1 aliphatic rings. The molecule has 2 aromatic carbocycles. The lowest BCUT2D eigenvalue weighted by Gasteiger charge is -2.30. The second-order valence-electron chi connectivity index (χ2n) is 8.41. The molecule has 0 spiro atoms. The van der Waals surface area contributed by atoms with Crippen molar-refractivity contribution in [3.63, 3.8) is 0 Å². The van der Waals surface area contributed by atoms with E-state index in [2.05, 4.69) is 17.1 Å². The number of piperidine rings is 1. The van der Waals surface area contributed by atoms with Crippen molar-refractivity contribution in [3.05, 3.63) is 64.4 Å². The van der Waals surface area contributed by atoms with Gasteiger partial charge in [0, 0.05) is 13.1 Å². The highest BCUT2D eigenvalue weighted by molar-refractivity contribution is 7.99. The number of aromatic nitrogens is 4. The van der Waals surface area contributed by atoms with Gasteiger partial charge in [-0.15, -0.1) is 10.2 Å². The molecule has 0 saturated carbocycles. The van der Waals surface area contributed by atoms with Gasteiger partial charge in [-0.1, -0.05) is 49.0 Å². The minimum Gasteiger partial charge on any atom is -0.342 e. The Kier molecular flexibility index (Phi) is 5.46. The molecule has 0 bridgehead atoms. The van der Waals surface area contributed by atoms with Gasteiger partial charge in [-0.05, 0) is 49.4 Å². The summed E-state index contributed by atoms with van der Waals surface area (Å²) in [6, 6.07) is 15.2. The Morgan fingerprint density at radius 1 is 1.06 bits per heavy atom. The van der Waals surface area contributed by atoms with Crippen molar-refractivity contribution in [2.75, 3.05) is 18.8 Å². The number of carbonyl (C=O) groups excluding carboxylic acids is 1. The van der Waals surface area contributed by atoms with Crippen molar-refractivity contribution < 1.29 is 4.79 Å². The van der Waals surface area contributed by atoms with E-state index in [1.807, 2.05) is 64.8 Å². The summed E-state index contributed by atoms with van der Waals surface area (Å²) < 4.78 is 3.50. The number of hydrogen-bond donors (Lipinski definition) is 0. The van der Waals surface area contributed by atoms with E-state index in [-0.39, 0.29) is 11.5 Å². The summed E-state index contributed by atoms with van der Waals surface area (Å²) >= 11 is 1.37. The van der Waals surface area contributed by atoms with Crippen LogP contribution in [-0.2, 0) is 4.79 Å². The van der Waals surface area contributed by atoms with Gasteiger partial charge in [-0.2, -0.15) is 0 Å². The van der Waals surface area contributed by atoms with Crippen LogP contribution < -0.4 is 5.56 Å². The van der Waals surface area contributed by atoms with Crippen LogP contribution >= 0.6 is 11.8 Å². The number of benzene rings is 2. The summed E-state index contributed by atoms with van der Waals surface area (Å²) in [5, 5.41) is 9.95. The van der Waals surface area contributed by atoms with E-state index in [0.29, 0.717) is 28.0 Å².